The predicted octanol–water partition coefficient (Wildman–Crippen LogP) is 5.20. The van der Waals surface area contributed by atoms with E-state index in [1.807, 2.05) is 6.20 Å². The van der Waals surface area contributed by atoms with Gasteiger partial charge in [0.1, 0.15) is 5.82 Å². The third-order valence-corrected chi connectivity index (χ3v) is 5.18. The van der Waals surface area contributed by atoms with Crippen LogP contribution in [-0.4, -0.2) is 11.0 Å². The molecule has 3 rings (SSSR count). The van der Waals surface area contributed by atoms with Crippen LogP contribution in [0.2, 0.25) is 0 Å². The summed E-state index contributed by atoms with van der Waals surface area (Å²) in [7, 11) is 0. The van der Waals surface area contributed by atoms with Gasteiger partial charge in [0, 0.05) is 17.6 Å². The predicted molar refractivity (Wildman–Crippen MR) is 96.5 cm³/mol. The quantitative estimate of drug-likeness (QED) is 0.833. The normalized spacial score (nSPS) is 22.6. The number of halogens is 2. The van der Waals surface area contributed by atoms with Crippen molar-refractivity contribution < 1.29 is 4.39 Å². The summed E-state index contributed by atoms with van der Waals surface area (Å²) in [6.07, 6.45) is 8.89. The first kappa shape index (κ1) is 18.2. The Kier molecular flexibility index (Phi) is 6.37. The monoisotopic (exact) mass is 336 g/mol. The Bertz CT molecular complexity index is 638. The van der Waals surface area contributed by atoms with E-state index in [1.165, 1.54) is 37.3 Å². The molecule has 1 heterocycles. The molecule has 1 fully saturated rings. The summed E-state index contributed by atoms with van der Waals surface area (Å²) >= 11 is 0. The molecule has 1 aliphatic rings. The zero-order chi connectivity index (χ0) is 15.5. The minimum atomic E-state index is -0.177. The summed E-state index contributed by atoms with van der Waals surface area (Å²) in [4.78, 5) is 4.36. The maximum absolute atomic E-state index is 13.6. The number of hydrogen-bond donors (Lipinski definition) is 1. The van der Waals surface area contributed by atoms with E-state index in [2.05, 4.69) is 18.0 Å². The summed E-state index contributed by atoms with van der Waals surface area (Å²) in [5, 5.41) is 0.983. The second kappa shape index (κ2) is 8.07. The molecule has 0 radical (unpaired) electrons. The SMILES string of the molecule is CCC(N)C[C@H]1CC[C@@H](c2ccnc3ccc(F)cc32)CC1.Cl. The minimum absolute atomic E-state index is 0. The van der Waals surface area contributed by atoms with E-state index in [0.29, 0.717) is 12.0 Å². The largest absolute Gasteiger partial charge is 0.328 e. The second-order valence-corrected chi connectivity index (χ2v) is 6.68. The molecular weight excluding hydrogens is 311 g/mol. The first-order chi connectivity index (χ1) is 10.7. The maximum Gasteiger partial charge on any atom is 0.123 e. The van der Waals surface area contributed by atoms with Gasteiger partial charge in [-0.1, -0.05) is 6.92 Å². The number of hydrogen-bond acceptors (Lipinski definition) is 2. The van der Waals surface area contributed by atoms with E-state index in [0.717, 1.165) is 29.7 Å². The van der Waals surface area contributed by atoms with Crippen LogP contribution in [0.25, 0.3) is 10.9 Å². The van der Waals surface area contributed by atoms with Crippen LogP contribution < -0.4 is 5.73 Å². The lowest BCUT2D eigenvalue weighted by molar-refractivity contribution is 0.292. The van der Waals surface area contributed by atoms with Crippen LogP contribution in [0.5, 0.6) is 0 Å². The first-order valence-electron chi connectivity index (χ1n) is 8.47. The number of benzene rings is 1. The van der Waals surface area contributed by atoms with Crippen molar-refractivity contribution in [2.45, 2.75) is 57.4 Å². The average Bonchev–Trinajstić information content (AvgIpc) is 2.55. The van der Waals surface area contributed by atoms with Crippen molar-refractivity contribution in [1.29, 1.82) is 0 Å². The van der Waals surface area contributed by atoms with Crippen LogP contribution in [0.15, 0.2) is 30.5 Å². The van der Waals surface area contributed by atoms with Gasteiger partial charge in [0.2, 0.25) is 0 Å². The molecular formula is C19H26ClFN2. The highest BCUT2D eigenvalue weighted by Gasteiger charge is 2.24. The Morgan fingerprint density at radius 1 is 1.22 bits per heavy atom. The van der Waals surface area contributed by atoms with Gasteiger partial charge in [0.25, 0.3) is 0 Å². The molecule has 1 aromatic heterocycles. The lowest BCUT2D eigenvalue weighted by atomic mass is 9.76. The molecule has 2 nitrogen and oxygen atoms in total. The van der Waals surface area contributed by atoms with Crippen molar-refractivity contribution in [3.05, 3.63) is 41.8 Å². The zero-order valence-corrected chi connectivity index (χ0v) is 14.5. The molecule has 0 saturated heterocycles. The molecule has 2 N–H and O–H groups in total. The van der Waals surface area contributed by atoms with Crippen LogP contribution in [0.1, 0.15) is 56.9 Å². The van der Waals surface area contributed by atoms with Gasteiger partial charge >= 0.3 is 0 Å². The fourth-order valence-electron chi connectivity index (χ4n) is 3.80. The van der Waals surface area contributed by atoms with Gasteiger partial charge in [-0.2, -0.15) is 0 Å². The number of aromatic nitrogens is 1. The lowest BCUT2D eigenvalue weighted by Crippen LogP contribution is -2.25. The standard InChI is InChI=1S/C19H25FN2.ClH/c1-2-16(21)11-13-3-5-14(6-4-13)17-9-10-22-19-8-7-15(20)12-18(17)19;/h7-10,12-14,16H,2-6,11,21H2,1H3;1H/t13-,14+,16?;. The molecule has 4 heteroatoms. The molecule has 0 spiro atoms. The third-order valence-electron chi connectivity index (χ3n) is 5.18. The number of rotatable bonds is 4. The summed E-state index contributed by atoms with van der Waals surface area (Å²) in [5.41, 5.74) is 8.25. The Balaban J connectivity index is 0.00000192. The van der Waals surface area contributed by atoms with Crippen molar-refractivity contribution in [2.24, 2.45) is 11.7 Å². The summed E-state index contributed by atoms with van der Waals surface area (Å²) in [5.74, 6) is 1.11. The fraction of sp³-hybridized carbons (Fsp3) is 0.526. The molecule has 1 aromatic carbocycles. The average molecular weight is 337 g/mol. The Morgan fingerprint density at radius 3 is 2.65 bits per heavy atom. The highest BCUT2D eigenvalue weighted by atomic mass is 35.5. The highest BCUT2D eigenvalue weighted by Crippen LogP contribution is 2.39. The van der Waals surface area contributed by atoms with E-state index in [9.17, 15) is 4.39 Å². The molecule has 23 heavy (non-hydrogen) atoms. The maximum atomic E-state index is 13.6. The van der Waals surface area contributed by atoms with E-state index in [4.69, 9.17) is 5.73 Å². The highest BCUT2D eigenvalue weighted by molar-refractivity contribution is 5.85. The van der Waals surface area contributed by atoms with E-state index >= 15 is 0 Å². The Morgan fingerprint density at radius 2 is 1.96 bits per heavy atom. The molecule has 1 aliphatic carbocycles. The zero-order valence-electron chi connectivity index (χ0n) is 13.7. The minimum Gasteiger partial charge on any atom is -0.328 e. The van der Waals surface area contributed by atoms with E-state index in [1.54, 1.807) is 12.1 Å². The molecule has 2 aromatic rings. The number of nitrogens with zero attached hydrogens (tertiary/aromatic N) is 1. The van der Waals surface area contributed by atoms with Crippen molar-refractivity contribution in [2.75, 3.05) is 0 Å². The van der Waals surface area contributed by atoms with Gasteiger partial charge in [0.15, 0.2) is 0 Å². The van der Waals surface area contributed by atoms with Crippen molar-refractivity contribution >= 4 is 23.3 Å². The fourth-order valence-corrected chi connectivity index (χ4v) is 3.80. The summed E-state index contributed by atoms with van der Waals surface area (Å²) in [6.45, 7) is 2.16. The Hall–Kier alpha value is -1.19. The van der Waals surface area contributed by atoms with Gasteiger partial charge in [0.05, 0.1) is 5.52 Å². The number of pyridine rings is 1. The smallest absolute Gasteiger partial charge is 0.123 e. The number of nitrogens with two attached hydrogens (primary N) is 1. The molecule has 1 unspecified atom stereocenters. The molecule has 1 saturated carbocycles. The third kappa shape index (κ3) is 4.21. The van der Waals surface area contributed by atoms with Crippen LogP contribution >= 0.6 is 12.4 Å². The topological polar surface area (TPSA) is 38.9 Å². The molecule has 126 valence electrons. The molecule has 0 bridgehead atoms. The Labute approximate surface area is 144 Å². The lowest BCUT2D eigenvalue weighted by Gasteiger charge is -2.30. The van der Waals surface area contributed by atoms with E-state index < -0.39 is 0 Å². The van der Waals surface area contributed by atoms with Crippen LogP contribution in [0.3, 0.4) is 0 Å². The van der Waals surface area contributed by atoms with Crippen LogP contribution in [0.4, 0.5) is 4.39 Å². The van der Waals surface area contributed by atoms with Crippen molar-refractivity contribution in [1.82, 2.24) is 4.98 Å². The van der Waals surface area contributed by atoms with Gasteiger partial charge in [-0.25, -0.2) is 4.39 Å². The molecule has 0 amide bonds. The van der Waals surface area contributed by atoms with Crippen molar-refractivity contribution in [3.63, 3.8) is 0 Å². The van der Waals surface area contributed by atoms with Gasteiger partial charge in [-0.3, -0.25) is 4.98 Å². The number of fused-ring (bicyclic) bond motifs is 1. The van der Waals surface area contributed by atoms with Crippen LogP contribution in [0, 0.1) is 11.7 Å². The van der Waals surface area contributed by atoms with Gasteiger partial charge in [-0.15, -0.1) is 12.4 Å². The van der Waals surface area contributed by atoms with Crippen LogP contribution in [-0.2, 0) is 0 Å². The summed E-state index contributed by atoms with van der Waals surface area (Å²) in [6, 6.07) is 7.32. The molecule has 1 atom stereocenters. The van der Waals surface area contributed by atoms with Crippen molar-refractivity contribution in [3.8, 4) is 0 Å². The first-order valence-corrected chi connectivity index (χ1v) is 8.47. The second-order valence-electron chi connectivity index (χ2n) is 6.68. The molecule has 0 aliphatic heterocycles. The van der Waals surface area contributed by atoms with Gasteiger partial charge in [-0.05, 0) is 80.2 Å². The van der Waals surface area contributed by atoms with Gasteiger partial charge < -0.3 is 5.73 Å². The summed E-state index contributed by atoms with van der Waals surface area (Å²) < 4.78 is 13.6. The van der Waals surface area contributed by atoms with E-state index in [-0.39, 0.29) is 18.2 Å².